The number of nitrogens with zero attached hydrogens (tertiary/aromatic N) is 3. The highest BCUT2D eigenvalue weighted by atomic mass is 16.5. The van der Waals surface area contributed by atoms with Crippen LogP contribution in [0.1, 0.15) is 32.1 Å². The SMILES string of the molecule is O=C1N(C2CCOCC2)CC[C@@]12CCCN(c1ccccn1)C2. The predicted molar refractivity (Wildman–Crippen MR) is 88.3 cm³/mol. The summed E-state index contributed by atoms with van der Waals surface area (Å²) in [6.45, 7) is 4.33. The van der Waals surface area contributed by atoms with Crippen molar-refractivity contribution in [2.45, 2.75) is 38.1 Å². The van der Waals surface area contributed by atoms with Crippen LogP contribution < -0.4 is 4.90 Å². The molecule has 0 bridgehead atoms. The molecule has 23 heavy (non-hydrogen) atoms. The van der Waals surface area contributed by atoms with Gasteiger partial charge < -0.3 is 14.5 Å². The molecule has 0 unspecified atom stereocenters. The van der Waals surface area contributed by atoms with Crippen LogP contribution >= 0.6 is 0 Å². The lowest BCUT2D eigenvalue weighted by atomic mass is 9.78. The Kier molecular flexibility index (Phi) is 3.97. The molecule has 1 aromatic heterocycles. The van der Waals surface area contributed by atoms with E-state index in [2.05, 4.69) is 20.9 Å². The molecule has 1 atom stereocenters. The van der Waals surface area contributed by atoms with Gasteiger partial charge in [0, 0.05) is 45.1 Å². The van der Waals surface area contributed by atoms with Gasteiger partial charge in [-0.05, 0) is 44.2 Å². The number of hydrogen-bond acceptors (Lipinski definition) is 4. The van der Waals surface area contributed by atoms with Crippen molar-refractivity contribution in [2.24, 2.45) is 5.41 Å². The molecule has 5 heteroatoms. The lowest BCUT2D eigenvalue weighted by Crippen LogP contribution is -2.50. The Balaban J connectivity index is 1.50. The Hall–Kier alpha value is -1.62. The topological polar surface area (TPSA) is 45.7 Å². The Morgan fingerprint density at radius 3 is 2.83 bits per heavy atom. The molecule has 3 aliphatic heterocycles. The number of amides is 1. The Morgan fingerprint density at radius 2 is 2.04 bits per heavy atom. The summed E-state index contributed by atoms with van der Waals surface area (Å²) in [6, 6.07) is 6.40. The fraction of sp³-hybridized carbons (Fsp3) is 0.667. The number of carbonyl (C=O) groups excluding carboxylic acids is 1. The van der Waals surface area contributed by atoms with E-state index in [4.69, 9.17) is 4.74 Å². The largest absolute Gasteiger partial charge is 0.381 e. The van der Waals surface area contributed by atoms with Gasteiger partial charge in [-0.15, -0.1) is 0 Å². The minimum absolute atomic E-state index is 0.186. The van der Waals surface area contributed by atoms with E-state index in [1.54, 1.807) is 0 Å². The fourth-order valence-electron chi connectivity index (χ4n) is 4.44. The van der Waals surface area contributed by atoms with Crippen LogP contribution in [-0.4, -0.2) is 54.7 Å². The first-order valence-corrected chi connectivity index (χ1v) is 8.83. The normalized spacial score (nSPS) is 29.5. The highest BCUT2D eigenvalue weighted by molar-refractivity contribution is 5.86. The summed E-state index contributed by atoms with van der Waals surface area (Å²) in [5.74, 6) is 1.38. The smallest absolute Gasteiger partial charge is 0.230 e. The Bertz CT molecular complexity index is 559. The third-order valence-corrected chi connectivity index (χ3v) is 5.73. The van der Waals surface area contributed by atoms with Crippen LogP contribution in [0.2, 0.25) is 0 Å². The second kappa shape index (κ2) is 6.11. The molecule has 1 amide bonds. The zero-order valence-corrected chi connectivity index (χ0v) is 13.6. The third kappa shape index (κ3) is 2.71. The van der Waals surface area contributed by atoms with Gasteiger partial charge in [0.15, 0.2) is 0 Å². The molecule has 0 aliphatic carbocycles. The van der Waals surface area contributed by atoms with Crippen molar-refractivity contribution >= 4 is 11.7 Å². The summed E-state index contributed by atoms with van der Waals surface area (Å²) in [4.78, 5) is 22.1. The zero-order valence-electron chi connectivity index (χ0n) is 13.6. The standard InChI is InChI=1S/C18H25N3O2/c22-17-18(8-11-21(17)15-5-12-23-13-6-15)7-3-10-20(14-18)16-4-1-2-9-19-16/h1-2,4,9,15H,3,5-8,10-14H2/t18-/m1/s1. The van der Waals surface area contributed by atoms with Crippen molar-refractivity contribution in [3.05, 3.63) is 24.4 Å². The molecule has 3 aliphatic rings. The summed E-state index contributed by atoms with van der Waals surface area (Å²) in [6.07, 6.45) is 6.91. The molecule has 0 saturated carbocycles. The predicted octanol–water partition coefficient (Wildman–Crippen LogP) is 2.08. The van der Waals surface area contributed by atoms with Crippen LogP contribution in [0.4, 0.5) is 5.82 Å². The van der Waals surface area contributed by atoms with E-state index in [0.29, 0.717) is 11.9 Å². The fourth-order valence-corrected chi connectivity index (χ4v) is 4.44. The number of rotatable bonds is 2. The zero-order chi connectivity index (χ0) is 15.7. The molecule has 1 spiro atoms. The number of hydrogen-bond donors (Lipinski definition) is 0. The number of aromatic nitrogens is 1. The maximum atomic E-state index is 13.2. The van der Waals surface area contributed by atoms with Gasteiger partial charge >= 0.3 is 0 Å². The lowest BCUT2D eigenvalue weighted by molar-refractivity contribution is -0.139. The van der Waals surface area contributed by atoms with Gasteiger partial charge in [-0.25, -0.2) is 4.98 Å². The minimum atomic E-state index is -0.186. The number of ether oxygens (including phenoxy) is 1. The van der Waals surface area contributed by atoms with Crippen LogP contribution in [0.3, 0.4) is 0 Å². The summed E-state index contributed by atoms with van der Waals surface area (Å²) >= 11 is 0. The second-order valence-electron chi connectivity index (χ2n) is 7.09. The Labute approximate surface area is 137 Å². The first-order valence-electron chi connectivity index (χ1n) is 8.83. The molecular weight excluding hydrogens is 290 g/mol. The van der Waals surface area contributed by atoms with E-state index in [0.717, 1.165) is 70.8 Å². The van der Waals surface area contributed by atoms with Crippen LogP contribution in [0.25, 0.3) is 0 Å². The monoisotopic (exact) mass is 315 g/mol. The number of pyridine rings is 1. The quantitative estimate of drug-likeness (QED) is 0.838. The first kappa shape index (κ1) is 14.9. The lowest BCUT2D eigenvalue weighted by Gasteiger charge is -2.40. The molecule has 1 aromatic rings. The van der Waals surface area contributed by atoms with Crippen molar-refractivity contribution in [1.82, 2.24) is 9.88 Å². The summed E-state index contributed by atoms with van der Waals surface area (Å²) < 4.78 is 5.45. The maximum absolute atomic E-state index is 13.2. The van der Waals surface area contributed by atoms with Gasteiger partial charge in [0.25, 0.3) is 0 Å². The van der Waals surface area contributed by atoms with Gasteiger partial charge in [0.1, 0.15) is 5.82 Å². The van der Waals surface area contributed by atoms with Crippen molar-refractivity contribution in [3.8, 4) is 0 Å². The molecular formula is C18H25N3O2. The van der Waals surface area contributed by atoms with Crippen LogP contribution in [0.5, 0.6) is 0 Å². The van der Waals surface area contributed by atoms with E-state index < -0.39 is 0 Å². The summed E-state index contributed by atoms with van der Waals surface area (Å²) in [7, 11) is 0. The highest BCUT2D eigenvalue weighted by Crippen LogP contribution is 2.42. The van der Waals surface area contributed by atoms with Gasteiger partial charge in [0.05, 0.1) is 5.41 Å². The van der Waals surface area contributed by atoms with Crippen molar-refractivity contribution in [1.29, 1.82) is 0 Å². The minimum Gasteiger partial charge on any atom is -0.381 e. The third-order valence-electron chi connectivity index (χ3n) is 5.73. The molecule has 0 aromatic carbocycles. The van der Waals surface area contributed by atoms with E-state index in [1.165, 1.54) is 0 Å². The molecule has 4 rings (SSSR count). The first-order chi connectivity index (χ1) is 11.3. The van der Waals surface area contributed by atoms with Gasteiger partial charge in [0.2, 0.25) is 5.91 Å². The van der Waals surface area contributed by atoms with Crippen LogP contribution in [-0.2, 0) is 9.53 Å². The van der Waals surface area contributed by atoms with E-state index in [1.807, 2.05) is 18.3 Å². The molecule has 5 nitrogen and oxygen atoms in total. The van der Waals surface area contributed by atoms with Gasteiger partial charge in [-0.2, -0.15) is 0 Å². The average molecular weight is 315 g/mol. The number of anilines is 1. The second-order valence-corrected chi connectivity index (χ2v) is 7.09. The molecule has 3 saturated heterocycles. The van der Waals surface area contributed by atoms with Crippen LogP contribution in [0, 0.1) is 5.41 Å². The van der Waals surface area contributed by atoms with E-state index >= 15 is 0 Å². The maximum Gasteiger partial charge on any atom is 0.230 e. The van der Waals surface area contributed by atoms with Gasteiger partial charge in [-0.1, -0.05) is 6.07 Å². The summed E-state index contributed by atoms with van der Waals surface area (Å²) in [5, 5.41) is 0. The number of piperidine rings is 1. The summed E-state index contributed by atoms with van der Waals surface area (Å²) in [5.41, 5.74) is -0.186. The molecule has 0 N–H and O–H groups in total. The van der Waals surface area contributed by atoms with E-state index in [9.17, 15) is 4.79 Å². The number of carbonyl (C=O) groups is 1. The van der Waals surface area contributed by atoms with Crippen molar-refractivity contribution in [2.75, 3.05) is 37.7 Å². The van der Waals surface area contributed by atoms with E-state index in [-0.39, 0.29) is 5.41 Å². The van der Waals surface area contributed by atoms with Crippen molar-refractivity contribution < 1.29 is 9.53 Å². The molecule has 3 fully saturated rings. The van der Waals surface area contributed by atoms with Crippen molar-refractivity contribution in [3.63, 3.8) is 0 Å². The Morgan fingerprint density at radius 1 is 1.17 bits per heavy atom. The molecule has 0 radical (unpaired) electrons. The van der Waals surface area contributed by atoms with Gasteiger partial charge in [-0.3, -0.25) is 4.79 Å². The number of likely N-dealkylation sites (tertiary alicyclic amines) is 1. The molecule has 4 heterocycles. The average Bonchev–Trinajstić information content (AvgIpc) is 2.93. The van der Waals surface area contributed by atoms with Crippen LogP contribution in [0.15, 0.2) is 24.4 Å². The molecule has 124 valence electrons. The highest BCUT2D eigenvalue weighted by Gasteiger charge is 2.50.